The zero-order valence-corrected chi connectivity index (χ0v) is 12.3. The molecule has 0 spiro atoms. The van der Waals surface area contributed by atoms with Gasteiger partial charge in [-0.15, -0.1) is 10.2 Å². The Morgan fingerprint density at radius 3 is 2.70 bits per heavy atom. The molecule has 1 aromatic heterocycles. The number of piperidine rings is 1. The second-order valence-corrected chi connectivity index (χ2v) is 6.26. The molecule has 2 aliphatic rings. The predicted molar refractivity (Wildman–Crippen MR) is 75.0 cm³/mol. The maximum atomic E-state index is 10.3. The third kappa shape index (κ3) is 3.04. The minimum atomic E-state index is -0.126. The van der Waals surface area contributed by atoms with Crippen LogP contribution >= 0.6 is 0 Å². The molecule has 0 bridgehead atoms. The summed E-state index contributed by atoms with van der Waals surface area (Å²) in [5.74, 6) is 1.76. The van der Waals surface area contributed by atoms with Crippen molar-refractivity contribution in [2.45, 2.75) is 70.6 Å². The highest BCUT2D eigenvalue weighted by Gasteiger charge is 2.35. The molecule has 0 radical (unpaired) electrons. The van der Waals surface area contributed by atoms with Crippen LogP contribution in [0.25, 0.3) is 0 Å². The SMILES string of the molecule is Cc1nnc(CN2CCCCC2C2CCCCC2O)o1. The van der Waals surface area contributed by atoms with Gasteiger partial charge in [-0.05, 0) is 32.2 Å². The van der Waals surface area contributed by atoms with Crippen LogP contribution in [-0.4, -0.2) is 38.9 Å². The summed E-state index contributed by atoms with van der Waals surface area (Å²) >= 11 is 0. The molecular formula is C15H25N3O2. The van der Waals surface area contributed by atoms with Gasteiger partial charge in [0.2, 0.25) is 11.8 Å². The highest BCUT2D eigenvalue weighted by Crippen LogP contribution is 2.34. The van der Waals surface area contributed by atoms with Crippen molar-refractivity contribution in [2.75, 3.05) is 6.54 Å². The van der Waals surface area contributed by atoms with Crippen LogP contribution in [0.2, 0.25) is 0 Å². The van der Waals surface area contributed by atoms with Crippen molar-refractivity contribution in [2.24, 2.45) is 5.92 Å². The molecular weight excluding hydrogens is 254 g/mol. The van der Waals surface area contributed by atoms with Crippen molar-refractivity contribution in [3.63, 3.8) is 0 Å². The van der Waals surface area contributed by atoms with Crippen LogP contribution in [0.1, 0.15) is 56.7 Å². The third-order valence-corrected chi connectivity index (χ3v) is 4.85. The quantitative estimate of drug-likeness (QED) is 0.919. The Balaban J connectivity index is 1.69. The fourth-order valence-electron chi connectivity index (χ4n) is 3.86. The van der Waals surface area contributed by atoms with Gasteiger partial charge in [-0.3, -0.25) is 4.90 Å². The number of aliphatic hydroxyl groups is 1. The molecule has 0 aromatic carbocycles. The van der Waals surface area contributed by atoms with Gasteiger partial charge in [-0.1, -0.05) is 19.3 Å². The number of aliphatic hydroxyl groups excluding tert-OH is 1. The van der Waals surface area contributed by atoms with Crippen molar-refractivity contribution < 1.29 is 9.52 Å². The first kappa shape index (κ1) is 14.0. The van der Waals surface area contributed by atoms with Crippen molar-refractivity contribution in [3.8, 4) is 0 Å². The van der Waals surface area contributed by atoms with Crippen LogP contribution in [0.4, 0.5) is 0 Å². The lowest BCUT2D eigenvalue weighted by atomic mass is 9.78. The molecule has 5 nitrogen and oxygen atoms in total. The molecule has 1 aliphatic carbocycles. The van der Waals surface area contributed by atoms with Crippen molar-refractivity contribution in [3.05, 3.63) is 11.8 Å². The molecule has 1 aromatic rings. The number of nitrogens with zero attached hydrogens (tertiary/aromatic N) is 3. The van der Waals surface area contributed by atoms with Gasteiger partial charge < -0.3 is 9.52 Å². The molecule has 3 unspecified atom stereocenters. The highest BCUT2D eigenvalue weighted by molar-refractivity contribution is 4.91. The van der Waals surface area contributed by atoms with Crippen LogP contribution in [0, 0.1) is 12.8 Å². The summed E-state index contributed by atoms with van der Waals surface area (Å²) < 4.78 is 5.52. The van der Waals surface area contributed by atoms with Gasteiger partial charge >= 0.3 is 0 Å². The summed E-state index contributed by atoms with van der Waals surface area (Å²) in [6.45, 7) is 3.64. The van der Waals surface area contributed by atoms with Crippen LogP contribution in [0.3, 0.4) is 0 Å². The number of aromatic nitrogens is 2. The smallest absolute Gasteiger partial charge is 0.230 e. The standard InChI is InChI=1S/C15H25N3O2/c1-11-16-17-15(20-11)10-18-9-5-4-7-13(18)12-6-2-3-8-14(12)19/h12-14,19H,2-10H2,1H3. The topological polar surface area (TPSA) is 62.4 Å². The first-order valence-electron chi connectivity index (χ1n) is 7.95. The second kappa shape index (κ2) is 6.22. The maximum Gasteiger partial charge on any atom is 0.230 e. The summed E-state index contributed by atoms with van der Waals surface area (Å²) in [7, 11) is 0. The zero-order valence-electron chi connectivity index (χ0n) is 12.3. The predicted octanol–water partition coefficient (Wildman–Crippen LogP) is 2.28. The van der Waals surface area contributed by atoms with Gasteiger partial charge in [0.25, 0.3) is 0 Å². The van der Waals surface area contributed by atoms with E-state index in [1.807, 2.05) is 6.92 Å². The van der Waals surface area contributed by atoms with Crippen LogP contribution in [-0.2, 0) is 6.54 Å². The average Bonchev–Trinajstić information content (AvgIpc) is 2.86. The highest BCUT2D eigenvalue weighted by atomic mass is 16.4. The first-order chi connectivity index (χ1) is 9.74. The summed E-state index contributed by atoms with van der Waals surface area (Å²) in [6, 6.07) is 0.478. The maximum absolute atomic E-state index is 10.3. The Hall–Kier alpha value is -0.940. The number of aryl methyl sites for hydroxylation is 1. The molecule has 3 atom stereocenters. The van der Waals surface area contributed by atoms with E-state index in [0.717, 1.165) is 25.9 Å². The van der Waals surface area contributed by atoms with E-state index in [4.69, 9.17) is 4.42 Å². The molecule has 3 rings (SSSR count). The summed E-state index contributed by atoms with van der Waals surface area (Å²) in [4.78, 5) is 2.45. The number of rotatable bonds is 3. The zero-order chi connectivity index (χ0) is 13.9. The van der Waals surface area contributed by atoms with E-state index in [1.54, 1.807) is 0 Å². The van der Waals surface area contributed by atoms with E-state index >= 15 is 0 Å². The van der Waals surface area contributed by atoms with Crippen LogP contribution in [0.5, 0.6) is 0 Å². The van der Waals surface area contributed by atoms with Gasteiger partial charge in [0, 0.05) is 18.9 Å². The molecule has 5 heteroatoms. The lowest BCUT2D eigenvalue weighted by Gasteiger charge is -2.43. The van der Waals surface area contributed by atoms with Gasteiger partial charge in [0.05, 0.1) is 12.6 Å². The fourth-order valence-corrected chi connectivity index (χ4v) is 3.86. The molecule has 2 heterocycles. The van der Waals surface area contributed by atoms with Crippen LogP contribution in [0.15, 0.2) is 4.42 Å². The van der Waals surface area contributed by atoms with Gasteiger partial charge in [0.15, 0.2) is 0 Å². The van der Waals surface area contributed by atoms with E-state index in [2.05, 4.69) is 15.1 Å². The van der Waals surface area contributed by atoms with E-state index in [0.29, 0.717) is 23.7 Å². The minimum Gasteiger partial charge on any atom is -0.424 e. The van der Waals surface area contributed by atoms with Crippen LogP contribution < -0.4 is 0 Å². The van der Waals surface area contributed by atoms with E-state index in [-0.39, 0.29) is 6.10 Å². The van der Waals surface area contributed by atoms with Gasteiger partial charge in [0.1, 0.15) is 0 Å². The van der Waals surface area contributed by atoms with Gasteiger partial charge in [-0.25, -0.2) is 0 Å². The molecule has 1 N–H and O–H groups in total. The Labute approximate surface area is 120 Å². The summed E-state index contributed by atoms with van der Waals surface area (Å²) in [5, 5.41) is 18.4. The van der Waals surface area contributed by atoms with Gasteiger partial charge in [-0.2, -0.15) is 0 Å². The number of likely N-dealkylation sites (tertiary alicyclic amines) is 1. The first-order valence-corrected chi connectivity index (χ1v) is 7.95. The van der Waals surface area contributed by atoms with Crippen molar-refractivity contribution in [1.82, 2.24) is 15.1 Å². The number of hydrogen-bond acceptors (Lipinski definition) is 5. The molecule has 20 heavy (non-hydrogen) atoms. The van der Waals surface area contributed by atoms with E-state index in [9.17, 15) is 5.11 Å². The number of hydrogen-bond donors (Lipinski definition) is 1. The summed E-state index contributed by atoms with van der Waals surface area (Å²) in [5.41, 5.74) is 0. The van der Waals surface area contributed by atoms with Crippen molar-refractivity contribution in [1.29, 1.82) is 0 Å². The molecule has 112 valence electrons. The minimum absolute atomic E-state index is 0.126. The lowest BCUT2D eigenvalue weighted by Crippen LogP contribution is -2.48. The summed E-state index contributed by atoms with van der Waals surface area (Å²) in [6.07, 6.45) is 8.12. The second-order valence-electron chi connectivity index (χ2n) is 6.26. The Bertz CT molecular complexity index is 435. The molecule has 1 saturated carbocycles. The molecule has 2 fully saturated rings. The van der Waals surface area contributed by atoms with E-state index < -0.39 is 0 Å². The Morgan fingerprint density at radius 2 is 1.95 bits per heavy atom. The Kier molecular flexibility index (Phi) is 4.36. The lowest BCUT2D eigenvalue weighted by molar-refractivity contribution is -0.0113. The van der Waals surface area contributed by atoms with E-state index in [1.165, 1.54) is 32.1 Å². The average molecular weight is 279 g/mol. The third-order valence-electron chi connectivity index (χ3n) is 4.85. The molecule has 1 saturated heterocycles. The molecule has 1 aliphatic heterocycles. The fraction of sp³-hybridized carbons (Fsp3) is 0.867. The Morgan fingerprint density at radius 1 is 1.15 bits per heavy atom. The molecule has 0 amide bonds. The van der Waals surface area contributed by atoms with Crippen molar-refractivity contribution >= 4 is 0 Å². The monoisotopic (exact) mass is 279 g/mol. The largest absolute Gasteiger partial charge is 0.424 e. The normalized spacial score (nSPS) is 32.4.